The van der Waals surface area contributed by atoms with Crippen LogP contribution in [0.15, 0.2) is 29.5 Å². The minimum Gasteiger partial charge on any atom is -0.482 e. The highest BCUT2D eigenvalue weighted by molar-refractivity contribution is 9.09. The Morgan fingerprint density at radius 1 is 1.27 bits per heavy atom. The first-order valence-electron chi connectivity index (χ1n) is 9.09. The molecule has 0 aromatic carbocycles. The molecule has 2 aromatic rings. The number of methoxy groups -OCH3 is 1. The van der Waals surface area contributed by atoms with Crippen molar-refractivity contribution in [2.45, 2.75) is 40.0 Å². The normalized spacial score (nSPS) is 16.4. The van der Waals surface area contributed by atoms with E-state index in [0.717, 1.165) is 47.3 Å². The Hall–Kier alpha value is -1.82. The van der Waals surface area contributed by atoms with Crippen molar-refractivity contribution in [2.24, 2.45) is 10.5 Å². The summed E-state index contributed by atoms with van der Waals surface area (Å²) in [7, 11) is 1.67. The van der Waals surface area contributed by atoms with E-state index < -0.39 is 5.41 Å². The molecule has 1 amide bonds. The molecular formula is C20H26BrN3O2. The molecule has 0 aliphatic carbocycles. The van der Waals surface area contributed by atoms with Crippen LogP contribution in [0.1, 0.15) is 44.7 Å². The molecule has 140 valence electrons. The number of fused-ring (bicyclic) bond motifs is 1. The van der Waals surface area contributed by atoms with Crippen LogP contribution in [0, 0.1) is 5.41 Å². The standard InChI is InChI=1S/C20H26BrN3O2/c1-5-14-12-16-15(8-9-17(26-4)23(16)13-14)18-20(2,3)19(25)24(22-18)11-7-6-10-21/h8-9,12-13H,5-7,10-11H2,1-4H3. The molecular weight excluding hydrogens is 394 g/mol. The van der Waals surface area contributed by atoms with Crippen LogP contribution < -0.4 is 4.74 Å². The van der Waals surface area contributed by atoms with Crippen LogP contribution in [0.25, 0.3) is 5.52 Å². The average molecular weight is 420 g/mol. The van der Waals surface area contributed by atoms with Gasteiger partial charge < -0.3 is 4.74 Å². The van der Waals surface area contributed by atoms with Crippen LogP contribution in [0.3, 0.4) is 0 Å². The number of aromatic nitrogens is 1. The molecule has 1 aliphatic rings. The molecule has 6 heteroatoms. The van der Waals surface area contributed by atoms with Crippen LogP contribution in [0.4, 0.5) is 0 Å². The molecule has 0 radical (unpaired) electrons. The third kappa shape index (κ3) is 3.15. The zero-order valence-corrected chi connectivity index (χ0v) is 17.5. The molecule has 3 rings (SSSR count). The van der Waals surface area contributed by atoms with Crippen molar-refractivity contribution in [3.05, 3.63) is 35.5 Å². The molecule has 1 aliphatic heterocycles. The quantitative estimate of drug-likeness (QED) is 0.497. The third-order valence-corrected chi connectivity index (χ3v) is 5.55. The lowest BCUT2D eigenvalue weighted by Gasteiger charge is -2.20. The number of hydrogen-bond donors (Lipinski definition) is 0. The van der Waals surface area contributed by atoms with E-state index in [1.165, 1.54) is 5.56 Å². The van der Waals surface area contributed by atoms with Crippen molar-refractivity contribution in [1.29, 1.82) is 0 Å². The van der Waals surface area contributed by atoms with Crippen LogP contribution in [0.5, 0.6) is 5.88 Å². The first-order chi connectivity index (χ1) is 12.4. The predicted molar refractivity (Wildman–Crippen MR) is 108 cm³/mol. The molecule has 0 saturated heterocycles. The van der Waals surface area contributed by atoms with Crippen molar-refractivity contribution in [2.75, 3.05) is 19.0 Å². The van der Waals surface area contributed by atoms with E-state index in [1.807, 2.05) is 30.4 Å². The Bertz CT molecular complexity index is 854. The van der Waals surface area contributed by atoms with Crippen molar-refractivity contribution in [3.8, 4) is 5.88 Å². The third-order valence-electron chi connectivity index (χ3n) is 4.99. The van der Waals surface area contributed by atoms with Gasteiger partial charge in [0, 0.05) is 23.6 Å². The molecule has 0 spiro atoms. The van der Waals surface area contributed by atoms with E-state index in [9.17, 15) is 4.79 Å². The molecule has 5 nitrogen and oxygen atoms in total. The number of halogens is 1. The molecule has 0 saturated carbocycles. The summed E-state index contributed by atoms with van der Waals surface area (Å²) < 4.78 is 7.55. The fourth-order valence-electron chi connectivity index (χ4n) is 3.40. The van der Waals surface area contributed by atoms with E-state index in [1.54, 1.807) is 12.1 Å². The van der Waals surface area contributed by atoms with Crippen LogP contribution >= 0.6 is 15.9 Å². The number of alkyl halides is 1. The first kappa shape index (κ1) is 19.0. The molecule has 0 N–H and O–H groups in total. The number of ether oxygens (including phenoxy) is 1. The monoisotopic (exact) mass is 419 g/mol. The summed E-state index contributed by atoms with van der Waals surface area (Å²) in [6.45, 7) is 6.71. The van der Waals surface area contributed by atoms with Gasteiger partial charge in [-0.15, -0.1) is 0 Å². The average Bonchev–Trinajstić information content (AvgIpc) is 3.16. The van der Waals surface area contributed by atoms with E-state index >= 15 is 0 Å². The van der Waals surface area contributed by atoms with Crippen molar-refractivity contribution in [1.82, 2.24) is 9.41 Å². The van der Waals surface area contributed by atoms with Gasteiger partial charge in [0.15, 0.2) is 5.88 Å². The Balaban J connectivity index is 2.08. The Morgan fingerprint density at radius 3 is 2.69 bits per heavy atom. The van der Waals surface area contributed by atoms with E-state index in [4.69, 9.17) is 9.84 Å². The van der Waals surface area contributed by atoms with E-state index in [-0.39, 0.29) is 5.91 Å². The molecule has 0 atom stereocenters. The van der Waals surface area contributed by atoms with Crippen LogP contribution in [-0.2, 0) is 11.2 Å². The first-order valence-corrected chi connectivity index (χ1v) is 10.2. The maximum atomic E-state index is 12.9. The summed E-state index contributed by atoms with van der Waals surface area (Å²) in [6, 6.07) is 6.12. The molecule has 2 aromatic heterocycles. The van der Waals surface area contributed by atoms with Crippen molar-refractivity contribution >= 4 is 33.1 Å². The van der Waals surface area contributed by atoms with Gasteiger partial charge in [-0.3, -0.25) is 9.20 Å². The zero-order valence-electron chi connectivity index (χ0n) is 15.9. The van der Waals surface area contributed by atoms with Gasteiger partial charge in [0.05, 0.1) is 23.8 Å². The molecule has 26 heavy (non-hydrogen) atoms. The second-order valence-corrected chi connectivity index (χ2v) is 7.94. The minimum atomic E-state index is -0.639. The van der Waals surface area contributed by atoms with Crippen LogP contribution in [0.2, 0.25) is 0 Å². The molecule has 0 unspecified atom stereocenters. The van der Waals surface area contributed by atoms with Gasteiger partial charge in [-0.1, -0.05) is 22.9 Å². The SMILES string of the molecule is CCc1cc2c(C3=NN(CCCCBr)C(=O)C3(C)C)ccc(OC)n2c1. The topological polar surface area (TPSA) is 46.3 Å². The number of carbonyl (C=O) groups excluding carboxylic acids is 1. The molecule has 0 bridgehead atoms. The van der Waals surface area contributed by atoms with Gasteiger partial charge in [-0.25, -0.2) is 5.01 Å². The number of carbonyl (C=O) groups is 1. The Labute approximate surface area is 163 Å². The number of rotatable bonds is 7. The fraction of sp³-hybridized carbons (Fsp3) is 0.500. The largest absolute Gasteiger partial charge is 0.482 e. The van der Waals surface area contributed by atoms with Gasteiger partial charge in [-0.05, 0) is 56.9 Å². The number of unbranched alkanes of at least 4 members (excludes halogenated alkanes) is 1. The number of nitrogens with zero attached hydrogens (tertiary/aromatic N) is 3. The highest BCUT2D eigenvalue weighted by Gasteiger charge is 2.44. The van der Waals surface area contributed by atoms with Gasteiger partial charge in [0.25, 0.3) is 5.91 Å². The van der Waals surface area contributed by atoms with Gasteiger partial charge >= 0.3 is 0 Å². The summed E-state index contributed by atoms with van der Waals surface area (Å²) in [4.78, 5) is 12.9. The van der Waals surface area contributed by atoms with Crippen molar-refractivity contribution < 1.29 is 9.53 Å². The van der Waals surface area contributed by atoms with E-state index in [0.29, 0.717) is 6.54 Å². The maximum Gasteiger partial charge on any atom is 0.254 e. The lowest BCUT2D eigenvalue weighted by Crippen LogP contribution is -2.35. The lowest BCUT2D eigenvalue weighted by molar-refractivity contribution is -0.135. The smallest absolute Gasteiger partial charge is 0.254 e. The highest BCUT2D eigenvalue weighted by Crippen LogP contribution is 2.35. The highest BCUT2D eigenvalue weighted by atomic mass is 79.9. The summed E-state index contributed by atoms with van der Waals surface area (Å²) in [5.74, 6) is 0.846. The number of hydrazone groups is 1. The van der Waals surface area contributed by atoms with Crippen LogP contribution in [-0.4, -0.2) is 40.0 Å². The Kier molecular flexibility index (Phi) is 5.42. The maximum absolute atomic E-state index is 12.9. The number of aryl methyl sites for hydroxylation is 1. The fourth-order valence-corrected chi connectivity index (χ4v) is 3.80. The summed E-state index contributed by atoms with van der Waals surface area (Å²) in [6.07, 6.45) is 5.00. The van der Waals surface area contributed by atoms with Crippen molar-refractivity contribution in [3.63, 3.8) is 0 Å². The van der Waals surface area contributed by atoms with Gasteiger partial charge in [0.2, 0.25) is 0 Å². The molecule has 0 fully saturated rings. The lowest BCUT2D eigenvalue weighted by atomic mass is 9.83. The van der Waals surface area contributed by atoms with E-state index in [2.05, 4.69) is 35.1 Å². The minimum absolute atomic E-state index is 0.0679. The molecule has 3 heterocycles. The second-order valence-electron chi connectivity index (χ2n) is 7.14. The predicted octanol–water partition coefficient (Wildman–Crippen LogP) is 4.26. The summed E-state index contributed by atoms with van der Waals surface area (Å²) >= 11 is 3.44. The summed E-state index contributed by atoms with van der Waals surface area (Å²) in [5, 5.41) is 7.32. The zero-order chi connectivity index (χ0) is 18.9. The second kappa shape index (κ2) is 7.43. The number of pyridine rings is 1. The van der Waals surface area contributed by atoms with Gasteiger partial charge in [-0.2, -0.15) is 5.10 Å². The number of amides is 1. The Morgan fingerprint density at radius 2 is 2.04 bits per heavy atom. The van der Waals surface area contributed by atoms with Gasteiger partial charge in [0.1, 0.15) is 0 Å². The number of hydrogen-bond acceptors (Lipinski definition) is 3. The summed E-state index contributed by atoms with van der Waals surface area (Å²) in [5.41, 5.74) is 3.44.